The predicted octanol–water partition coefficient (Wildman–Crippen LogP) is 1.94. The standard InChI is InChI=1S/C17H19N3O2.ClH/c1-2-20-11-14(7-8-16(20)21)19-17(22)15-9-12-5-3-4-6-13(12)10-18-15;/h3-8,11,15,18H,2,9-10H2,1H3,(H,19,22);1H. The summed E-state index contributed by atoms with van der Waals surface area (Å²) in [6.45, 7) is 3.17. The van der Waals surface area contributed by atoms with Crippen LogP contribution in [0.4, 0.5) is 5.69 Å². The van der Waals surface area contributed by atoms with Crippen molar-refractivity contribution in [3.8, 4) is 0 Å². The van der Waals surface area contributed by atoms with Crippen LogP contribution in [0.3, 0.4) is 0 Å². The van der Waals surface area contributed by atoms with Gasteiger partial charge in [0.15, 0.2) is 0 Å². The topological polar surface area (TPSA) is 63.1 Å². The molecule has 1 unspecified atom stereocenters. The third-order valence-corrected chi connectivity index (χ3v) is 3.99. The summed E-state index contributed by atoms with van der Waals surface area (Å²) in [6, 6.07) is 11.0. The van der Waals surface area contributed by atoms with E-state index in [1.54, 1.807) is 16.8 Å². The Bertz CT molecular complexity index is 757. The molecular formula is C17H20ClN3O2. The molecule has 1 atom stereocenters. The molecule has 1 aromatic carbocycles. The molecule has 5 nitrogen and oxygen atoms in total. The number of aryl methyl sites for hydroxylation is 1. The quantitative estimate of drug-likeness (QED) is 0.902. The van der Waals surface area contributed by atoms with Crippen LogP contribution < -0.4 is 16.2 Å². The highest BCUT2D eigenvalue weighted by Gasteiger charge is 2.23. The number of nitrogens with one attached hydrogen (secondary N) is 2. The maximum atomic E-state index is 12.4. The fraction of sp³-hybridized carbons (Fsp3) is 0.294. The number of anilines is 1. The molecule has 1 aliphatic rings. The number of fused-ring (bicyclic) bond motifs is 1. The van der Waals surface area contributed by atoms with Gasteiger partial charge in [0, 0.05) is 25.4 Å². The van der Waals surface area contributed by atoms with E-state index in [-0.39, 0.29) is 29.9 Å². The first-order valence-electron chi connectivity index (χ1n) is 7.49. The lowest BCUT2D eigenvalue weighted by atomic mass is 9.95. The monoisotopic (exact) mass is 333 g/mol. The van der Waals surface area contributed by atoms with Gasteiger partial charge in [0.2, 0.25) is 5.91 Å². The first kappa shape index (κ1) is 17.2. The number of benzene rings is 1. The predicted molar refractivity (Wildman–Crippen MR) is 93.0 cm³/mol. The lowest BCUT2D eigenvalue weighted by molar-refractivity contribution is -0.118. The number of hydrogen-bond donors (Lipinski definition) is 2. The van der Waals surface area contributed by atoms with E-state index in [1.165, 1.54) is 17.2 Å². The van der Waals surface area contributed by atoms with E-state index in [0.29, 0.717) is 25.2 Å². The van der Waals surface area contributed by atoms with Crippen LogP contribution in [0.15, 0.2) is 47.4 Å². The molecule has 0 saturated heterocycles. The number of carbonyl (C=O) groups excluding carboxylic acids is 1. The Morgan fingerprint density at radius 3 is 2.74 bits per heavy atom. The molecule has 2 heterocycles. The Balaban J connectivity index is 0.00000192. The van der Waals surface area contributed by atoms with E-state index < -0.39 is 0 Å². The van der Waals surface area contributed by atoms with Crippen LogP contribution in [0.5, 0.6) is 0 Å². The molecule has 0 fully saturated rings. The lowest BCUT2D eigenvalue weighted by Crippen LogP contribution is -2.44. The third kappa shape index (κ3) is 3.81. The summed E-state index contributed by atoms with van der Waals surface area (Å²) < 4.78 is 1.57. The van der Waals surface area contributed by atoms with Gasteiger partial charge in [-0.1, -0.05) is 24.3 Å². The molecule has 0 radical (unpaired) electrons. The summed E-state index contributed by atoms with van der Waals surface area (Å²) in [5.74, 6) is -0.0733. The second-order valence-corrected chi connectivity index (χ2v) is 5.44. The Kier molecular flexibility index (Phi) is 5.58. The van der Waals surface area contributed by atoms with Gasteiger partial charge in [0.1, 0.15) is 0 Å². The van der Waals surface area contributed by atoms with Gasteiger partial charge in [-0.3, -0.25) is 9.59 Å². The van der Waals surface area contributed by atoms with Crippen molar-refractivity contribution in [1.29, 1.82) is 0 Å². The Labute approximate surface area is 141 Å². The number of carbonyl (C=O) groups is 1. The molecule has 2 N–H and O–H groups in total. The normalized spacial score (nSPS) is 16.1. The third-order valence-electron chi connectivity index (χ3n) is 3.99. The molecule has 23 heavy (non-hydrogen) atoms. The molecular weight excluding hydrogens is 314 g/mol. The molecule has 6 heteroatoms. The fourth-order valence-electron chi connectivity index (χ4n) is 2.72. The Hall–Kier alpha value is -2.11. The van der Waals surface area contributed by atoms with Gasteiger partial charge in [0.05, 0.1) is 11.7 Å². The van der Waals surface area contributed by atoms with Gasteiger partial charge < -0.3 is 15.2 Å². The summed E-state index contributed by atoms with van der Waals surface area (Å²) in [4.78, 5) is 24.0. The van der Waals surface area contributed by atoms with Crippen molar-refractivity contribution < 1.29 is 4.79 Å². The van der Waals surface area contributed by atoms with E-state index in [0.717, 1.165) is 0 Å². The minimum absolute atomic E-state index is 0. The maximum absolute atomic E-state index is 12.4. The molecule has 1 aromatic heterocycles. The zero-order valence-corrected chi connectivity index (χ0v) is 13.7. The van der Waals surface area contributed by atoms with Crippen molar-refractivity contribution in [1.82, 2.24) is 9.88 Å². The smallest absolute Gasteiger partial charge is 0.250 e. The van der Waals surface area contributed by atoms with Crippen molar-refractivity contribution in [2.75, 3.05) is 5.32 Å². The first-order valence-corrected chi connectivity index (χ1v) is 7.49. The first-order chi connectivity index (χ1) is 10.7. The summed E-state index contributed by atoms with van der Waals surface area (Å²) in [5, 5.41) is 6.14. The molecule has 0 aliphatic carbocycles. The number of hydrogen-bond acceptors (Lipinski definition) is 3. The number of halogens is 1. The average Bonchev–Trinajstić information content (AvgIpc) is 2.56. The number of amides is 1. The lowest BCUT2D eigenvalue weighted by Gasteiger charge is -2.25. The van der Waals surface area contributed by atoms with Gasteiger partial charge >= 0.3 is 0 Å². The number of aromatic nitrogens is 1. The van der Waals surface area contributed by atoms with Crippen molar-refractivity contribution in [2.45, 2.75) is 32.5 Å². The van der Waals surface area contributed by atoms with Crippen molar-refractivity contribution in [2.24, 2.45) is 0 Å². The second-order valence-electron chi connectivity index (χ2n) is 5.44. The van der Waals surface area contributed by atoms with E-state index in [9.17, 15) is 9.59 Å². The molecule has 0 spiro atoms. The van der Waals surface area contributed by atoms with Crippen LogP contribution >= 0.6 is 12.4 Å². The van der Waals surface area contributed by atoms with E-state index in [1.807, 2.05) is 19.1 Å². The minimum Gasteiger partial charge on any atom is -0.323 e. The zero-order chi connectivity index (χ0) is 15.5. The molecule has 0 saturated carbocycles. The zero-order valence-electron chi connectivity index (χ0n) is 12.9. The molecule has 0 bridgehead atoms. The second kappa shape index (κ2) is 7.44. The van der Waals surface area contributed by atoms with Gasteiger partial charge in [-0.15, -0.1) is 12.4 Å². The van der Waals surface area contributed by atoms with Crippen LogP contribution in [0.1, 0.15) is 18.1 Å². The summed E-state index contributed by atoms with van der Waals surface area (Å²) in [6.07, 6.45) is 2.35. The number of pyridine rings is 1. The summed E-state index contributed by atoms with van der Waals surface area (Å²) in [5.41, 5.74) is 3.03. The van der Waals surface area contributed by atoms with Crippen molar-refractivity contribution in [3.05, 3.63) is 64.1 Å². The SMILES string of the molecule is CCn1cc(NC(=O)C2Cc3ccccc3CN2)ccc1=O.Cl. The molecule has 1 aliphatic heterocycles. The van der Waals surface area contributed by atoms with E-state index in [4.69, 9.17) is 0 Å². The van der Waals surface area contributed by atoms with Crippen LogP contribution in [0.2, 0.25) is 0 Å². The minimum atomic E-state index is -0.253. The van der Waals surface area contributed by atoms with Gasteiger partial charge in [0.25, 0.3) is 5.56 Å². The molecule has 122 valence electrons. The van der Waals surface area contributed by atoms with Crippen molar-refractivity contribution in [3.63, 3.8) is 0 Å². The summed E-state index contributed by atoms with van der Waals surface area (Å²) >= 11 is 0. The molecule has 3 rings (SSSR count). The van der Waals surface area contributed by atoms with Crippen LogP contribution in [-0.4, -0.2) is 16.5 Å². The van der Waals surface area contributed by atoms with Gasteiger partial charge in [-0.2, -0.15) is 0 Å². The average molecular weight is 334 g/mol. The van der Waals surface area contributed by atoms with Gasteiger partial charge in [-0.25, -0.2) is 0 Å². The fourth-order valence-corrected chi connectivity index (χ4v) is 2.72. The van der Waals surface area contributed by atoms with Crippen LogP contribution in [0.25, 0.3) is 0 Å². The molecule has 1 amide bonds. The summed E-state index contributed by atoms with van der Waals surface area (Å²) in [7, 11) is 0. The van der Waals surface area contributed by atoms with Gasteiger partial charge in [-0.05, 0) is 30.5 Å². The largest absolute Gasteiger partial charge is 0.323 e. The Morgan fingerprint density at radius 1 is 1.26 bits per heavy atom. The van der Waals surface area contributed by atoms with E-state index >= 15 is 0 Å². The highest BCUT2D eigenvalue weighted by atomic mass is 35.5. The highest BCUT2D eigenvalue weighted by Crippen LogP contribution is 2.17. The van der Waals surface area contributed by atoms with Crippen molar-refractivity contribution >= 4 is 24.0 Å². The highest BCUT2D eigenvalue weighted by molar-refractivity contribution is 5.95. The maximum Gasteiger partial charge on any atom is 0.250 e. The number of rotatable bonds is 3. The van der Waals surface area contributed by atoms with Crippen LogP contribution in [-0.2, 0) is 24.3 Å². The Morgan fingerprint density at radius 2 is 2.00 bits per heavy atom. The van der Waals surface area contributed by atoms with Crippen LogP contribution in [0, 0.1) is 0 Å². The van der Waals surface area contributed by atoms with E-state index in [2.05, 4.69) is 22.8 Å². The number of nitrogens with zero attached hydrogens (tertiary/aromatic N) is 1. The molecule has 2 aromatic rings.